The summed E-state index contributed by atoms with van der Waals surface area (Å²) in [6, 6.07) is 4.01. The summed E-state index contributed by atoms with van der Waals surface area (Å²) in [6.45, 7) is 2.45. The highest BCUT2D eigenvalue weighted by Crippen LogP contribution is 2.25. The smallest absolute Gasteiger partial charge is 0.224 e. The number of allylic oxidation sites excluding steroid dienone is 2. The van der Waals surface area contributed by atoms with Gasteiger partial charge < -0.3 is 19.6 Å². The van der Waals surface area contributed by atoms with Crippen molar-refractivity contribution in [2.45, 2.75) is 26.2 Å². The van der Waals surface area contributed by atoms with Gasteiger partial charge in [0, 0.05) is 43.2 Å². The molecular weight excluding hydrogens is 306 g/mol. The highest BCUT2D eigenvalue weighted by molar-refractivity contribution is 5.84. The van der Waals surface area contributed by atoms with Gasteiger partial charge in [-0.05, 0) is 37.5 Å². The summed E-state index contributed by atoms with van der Waals surface area (Å²) < 4.78 is 1.95. The maximum atomic E-state index is 12.3. The zero-order chi connectivity index (χ0) is 17.1. The first kappa shape index (κ1) is 16.2. The Labute approximate surface area is 140 Å². The quantitative estimate of drug-likeness (QED) is 0.817. The number of aliphatic carboxylic acids is 1. The molecule has 0 aromatic carbocycles. The first-order valence-electron chi connectivity index (χ1n) is 8.12. The molecule has 24 heavy (non-hydrogen) atoms. The second-order valence-corrected chi connectivity index (χ2v) is 6.22. The number of aryl methyl sites for hydroxylation is 1. The van der Waals surface area contributed by atoms with Crippen molar-refractivity contribution >= 4 is 17.5 Å². The Bertz CT molecular complexity index is 794. The standard InChI is InChI=1S/C18H21N3O3/c1-12-7-9-21-11-13(20-16(21)10-12)6-8-19-17(22)14-4-2-3-5-15(14)18(23)24/h2-3,7,9-11,14-15H,4-6,8H2,1H3,(H,19,22)(H,23,24)/p-1/t14-,15-/m1/s1. The summed E-state index contributed by atoms with van der Waals surface area (Å²) in [7, 11) is 0. The maximum Gasteiger partial charge on any atom is 0.224 e. The Morgan fingerprint density at radius 2 is 2.08 bits per heavy atom. The van der Waals surface area contributed by atoms with Crippen LogP contribution in [0.3, 0.4) is 0 Å². The number of rotatable bonds is 5. The molecule has 1 aliphatic rings. The molecule has 2 aromatic rings. The maximum absolute atomic E-state index is 12.3. The van der Waals surface area contributed by atoms with Gasteiger partial charge in [0.05, 0.1) is 5.69 Å². The van der Waals surface area contributed by atoms with Crippen LogP contribution < -0.4 is 10.4 Å². The van der Waals surface area contributed by atoms with Crippen LogP contribution in [0.1, 0.15) is 24.1 Å². The van der Waals surface area contributed by atoms with Crippen molar-refractivity contribution < 1.29 is 14.7 Å². The van der Waals surface area contributed by atoms with E-state index in [1.165, 1.54) is 0 Å². The summed E-state index contributed by atoms with van der Waals surface area (Å²) in [5, 5.41) is 14.0. The molecule has 0 spiro atoms. The van der Waals surface area contributed by atoms with Crippen molar-refractivity contribution in [1.82, 2.24) is 14.7 Å². The van der Waals surface area contributed by atoms with Crippen molar-refractivity contribution in [3.63, 3.8) is 0 Å². The zero-order valence-electron chi connectivity index (χ0n) is 13.6. The Hall–Kier alpha value is -2.63. The predicted octanol–water partition coefficient (Wildman–Crippen LogP) is 0.634. The van der Waals surface area contributed by atoms with Gasteiger partial charge >= 0.3 is 0 Å². The SMILES string of the molecule is Cc1ccn2cc(CCNC(=O)[C@@H]3CC=CC[C@H]3C(=O)[O-])nc2c1. The number of nitrogens with one attached hydrogen (secondary N) is 1. The van der Waals surface area contributed by atoms with E-state index in [0.29, 0.717) is 25.8 Å². The third-order valence-electron chi connectivity index (χ3n) is 4.42. The topological polar surface area (TPSA) is 86.5 Å². The number of carboxylic acids is 1. The monoisotopic (exact) mass is 326 g/mol. The minimum Gasteiger partial charge on any atom is -0.550 e. The van der Waals surface area contributed by atoms with Crippen LogP contribution in [0.5, 0.6) is 0 Å². The molecule has 0 saturated carbocycles. The minimum absolute atomic E-state index is 0.229. The molecule has 0 saturated heterocycles. The third kappa shape index (κ3) is 3.48. The van der Waals surface area contributed by atoms with Gasteiger partial charge in [-0.15, -0.1) is 0 Å². The highest BCUT2D eigenvalue weighted by Gasteiger charge is 2.29. The van der Waals surface area contributed by atoms with Crippen LogP contribution in [-0.2, 0) is 16.0 Å². The first-order valence-corrected chi connectivity index (χ1v) is 8.12. The summed E-state index contributed by atoms with van der Waals surface area (Å²) in [5.41, 5.74) is 2.92. The second kappa shape index (κ2) is 6.86. The lowest BCUT2D eigenvalue weighted by molar-refractivity contribution is -0.313. The molecule has 0 fully saturated rings. The zero-order valence-corrected chi connectivity index (χ0v) is 13.6. The fourth-order valence-electron chi connectivity index (χ4n) is 3.07. The van der Waals surface area contributed by atoms with Crippen LogP contribution in [0.2, 0.25) is 0 Å². The lowest BCUT2D eigenvalue weighted by Crippen LogP contribution is -2.44. The van der Waals surface area contributed by atoms with E-state index in [4.69, 9.17) is 0 Å². The van der Waals surface area contributed by atoms with E-state index in [9.17, 15) is 14.7 Å². The van der Waals surface area contributed by atoms with Gasteiger partial charge in [0.15, 0.2) is 0 Å². The van der Waals surface area contributed by atoms with E-state index < -0.39 is 17.8 Å². The van der Waals surface area contributed by atoms with Gasteiger partial charge in [0.25, 0.3) is 0 Å². The minimum atomic E-state index is -1.16. The Morgan fingerprint density at radius 1 is 1.33 bits per heavy atom. The molecule has 6 heteroatoms. The Balaban J connectivity index is 1.57. The Kier molecular flexibility index (Phi) is 4.64. The molecule has 2 aromatic heterocycles. The number of aromatic nitrogens is 2. The van der Waals surface area contributed by atoms with E-state index in [1.54, 1.807) is 6.08 Å². The lowest BCUT2D eigenvalue weighted by Gasteiger charge is -2.28. The number of carboxylic acid groups (broad SMARTS) is 1. The summed E-state index contributed by atoms with van der Waals surface area (Å²) in [4.78, 5) is 27.9. The molecule has 3 rings (SSSR count). The molecular formula is C18H20N3O3-. The molecule has 0 unspecified atom stereocenters. The first-order chi connectivity index (χ1) is 11.5. The molecule has 0 radical (unpaired) electrons. The number of nitrogens with zero attached hydrogens (tertiary/aromatic N) is 2. The van der Waals surface area contributed by atoms with Crippen molar-refractivity contribution in [1.29, 1.82) is 0 Å². The summed E-state index contributed by atoms with van der Waals surface area (Å²) in [5.74, 6) is -2.68. The van der Waals surface area contributed by atoms with E-state index in [0.717, 1.165) is 16.9 Å². The van der Waals surface area contributed by atoms with Crippen LogP contribution >= 0.6 is 0 Å². The van der Waals surface area contributed by atoms with Crippen molar-refractivity contribution in [2.75, 3.05) is 6.54 Å². The van der Waals surface area contributed by atoms with Gasteiger partial charge in [-0.1, -0.05) is 12.2 Å². The largest absolute Gasteiger partial charge is 0.550 e. The van der Waals surface area contributed by atoms with E-state index in [1.807, 2.05) is 41.9 Å². The predicted molar refractivity (Wildman–Crippen MR) is 87.0 cm³/mol. The third-order valence-corrected chi connectivity index (χ3v) is 4.42. The molecule has 126 valence electrons. The number of carbonyl (C=O) groups excluding carboxylic acids is 2. The number of carbonyl (C=O) groups is 2. The fourth-order valence-corrected chi connectivity index (χ4v) is 3.07. The number of pyridine rings is 1. The fraction of sp³-hybridized carbons (Fsp3) is 0.389. The van der Waals surface area contributed by atoms with E-state index >= 15 is 0 Å². The molecule has 0 aliphatic heterocycles. The second-order valence-electron chi connectivity index (χ2n) is 6.22. The van der Waals surface area contributed by atoms with Crippen LogP contribution in [0.15, 0.2) is 36.7 Å². The van der Waals surface area contributed by atoms with Crippen molar-refractivity contribution in [2.24, 2.45) is 11.8 Å². The number of hydrogen-bond donors (Lipinski definition) is 1. The number of imidazole rings is 1. The van der Waals surface area contributed by atoms with Crippen LogP contribution in [0.25, 0.3) is 5.65 Å². The van der Waals surface area contributed by atoms with Gasteiger partial charge in [-0.2, -0.15) is 0 Å². The molecule has 0 bridgehead atoms. The number of fused-ring (bicyclic) bond motifs is 1. The normalized spacial score (nSPS) is 20.2. The van der Waals surface area contributed by atoms with Gasteiger partial charge in [0.2, 0.25) is 5.91 Å². The van der Waals surface area contributed by atoms with Crippen LogP contribution in [0, 0.1) is 18.8 Å². The van der Waals surface area contributed by atoms with Crippen LogP contribution in [-0.4, -0.2) is 27.8 Å². The average Bonchev–Trinajstić information content (AvgIpc) is 2.96. The van der Waals surface area contributed by atoms with E-state index in [2.05, 4.69) is 10.3 Å². The van der Waals surface area contributed by atoms with Crippen LogP contribution in [0.4, 0.5) is 0 Å². The van der Waals surface area contributed by atoms with Gasteiger partial charge in [-0.3, -0.25) is 4.79 Å². The van der Waals surface area contributed by atoms with Gasteiger partial charge in [-0.25, -0.2) is 4.98 Å². The summed E-state index contributed by atoms with van der Waals surface area (Å²) in [6.07, 6.45) is 8.94. The highest BCUT2D eigenvalue weighted by atomic mass is 16.4. The molecule has 2 heterocycles. The summed E-state index contributed by atoms with van der Waals surface area (Å²) >= 11 is 0. The van der Waals surface area contributed by atoms with Crippen molar-refractivity contribution in [3.05, 3.63) is 47.9 Å². The Morgan fingerprint density at radius 3 is 2.83 bits per heavy atom. The lowest BCUT2D eigenvalue weighted by atomic mass is 9.82. The van der Waals surface area contributed by atoms with E-state index in [-0.39, 0.29) is 5.91 Å². The molecule has 1 aliphatic carbocycles. The molecule has 2 atom stereocenters. The van der Waals surface area contributed by atoms with Gasteiger partial charge in [0.1, 0.15) is 5.65 Å². The number of hydrogen-bond acceptors (Lipinski definition) is 4. The average molecular weight is 326 g/mol. The molecule has 1 N–H and O–H groups in total. The molecule has 1 amide bonds. The van der Waals surface area contributed by atoms with Crippen molar-refractivity contribution in [3.8, 4) is 0 Å². The number of amides is 1. The molecule has 6 nitrogen and oxygen atoms in total.